The van der Waals surface area contributed by atoms with Crippen molar-refractivity contribution in [2.75, 3.05) is 0 Å². The fourth-order valence-corrected chi connectivity index (χ4v) is 3.32. The van der Waals surface area contributed by atoms with Gasteiger partial charge in [0.1, 0.15) is 0 Å². The maximum atomic E-state index is 11.1. The van der Waals surface area contributed by atoms with Gasteiger partial charge in [-0.2, -0.15) is 0 Å². The van der Waals surface area contributed by atoms with Gasteiger partial charge in [0.25, 0.3) is 0 Å². The van der Waals surface area contributed by atoms with Crippen molar-refractivity contribution in [3.8, 4) is 0 Å². The SMILES string of the molecule is CC(c1ccc(Br)cc1Br)S(=O)(=O)Cl. The fourth-order valence-electron chi connectivity index (χ4n) is 0.983. The Balaban J connectivity index is 3.21. The zero-order valence-corrected chi connectivity index (χ0v) is 11.9. The Hall–Kier alpha value is 0.420. The van der Waals surface area contributed by atoms with E-state index in [4.69, 9.17) is 10.7 Å². The molecule has 1 aromatic carbocycles. The van der Waals surface area contributed by atoms with Gasteiger partial charge in [-0.05, 0) is 24.6 Å². The van der Waals surface area contributed by atoms with Crippen LogP contribution in [0.2, 0.25) is 0 Å². The lowest BCUT2D eigenvalue weighted by Gasteiger charge is -2.10. The summed E-state index contributed by atoms with van der Waals surface area (Å²) in [5, 5.41) is -0.716. The molecule has 14 heavy (non-hydrogen) atoms. The Morgan fingerprint density at radius 2 is 1.93 bits per heavy atom. The predicted molar refractivity (Wildman–Crippen MR) is 65.0 cm³/mol. The topological polar surface area (TPSA) is 34.1 Å². The second-order valence-electron chi connectivity index (χ2n) is 2.78. The van der Waals surface area contributed by atoms with Gasteiger partial charge < -0.3 is 0 Å². The summed E-state index contributed by atoms with van der Waals surface area (Å²) in [5.41, 5.74) is 0.656. The molecule has 78 valence electrons. The maximum absolute atomic E-state index is 11.1. The highest BCUT2D eigenvalue weighted by molar-refractivity contribution is 9.11. The van der Waals surface area contributed by atoms with Crippen LogP contribution >= 0.6 is 42.5 Å². The third-order valence-electron chi connectivity index (χ3n) is 1.82. The second-order valence-corrected chi connectivity index (χ2v) is 7.50. The van der Waals surface area contributed by atoms with E-state index in [0.717, 1.165) is 8.95 Å². The van der Waals surface area contributed by atoms with Crippen molar-refractivity contribution < 1.29 is 8.42 Å². The van der Waals surface area contributed by atoms with Gasteiger partial charge in [0.05, 0.1) is 5.25 Å². The molecule has 0 spiro atoms. The molecule has 2 nitrogen and oxygen atoms in total. The highest BCUT2D eigenvalue weighted by Gasteiger charge is 2.21. The Bertz CT molecular complexity index is 445. The summed E-state index contributed by atoms with van der Waals surface area (Å²) in [6.07, 6.45) is 0. The fraction of sp³-hybridized carbons (Fsp3) is 0.250. The summed E-state index contributed by atoms with van der Waals surface area (Å²) in [6, 6.07) is 5.28. The quantitative estimate of drug-likeness (QED) is 0.749. The molecular weight excluding hydrogens is 355 g/mol. The zero-order chi connectivity index (χ0) is 10.9. The zero-order valence-electron chi connectivity index (χ0n) is 7.17. The lowest BCUT2D eigenvalue weighted by molar-refractivity contribution is 0.600. The normalized spacial score (nSPS) is 14.0. The van der Waals surface area contributed by atoms with Gasteiger partial charge in [-0.15, -0.1) is 0 Å². The predicted octanol–water partition coefficient (Wildman–Crippen LogP) is 3.84. The van der Waals surface area contributed by atoms with E-state index in [2.05, 4.69) is 31.9 Å². The maximum Gasteiger partial charge on any atom is 0.239 e. The largest absolute Gasteiger partial charge is 0.239 e. The van der Waals surface area contributed by atoms with Crippen LogP contribution in [0.5, 0.6) is 0 Å². The first-order chi connectivity index (χ1) is 6.32. The molecule has 0 saturated carbocycles. The van der Waals surface area contributed by atoms with E-state index in [1.165, 1.54) is 0 Å². The first-order valence-corrected chi connectivity index (χ1v) is 7.66. The van der Waals surface area contributed by atoms with Crippen LogP contribution in [0, 0.1) is 0 Å². The molecule has 1 rings (SSSR count). The van der Waals surface area contributed by atoms with E-state index in [0.29, 0.717) is 5.56 Å². The van der Waals surface area contributed by atoms with Crippen LogP contribution in [0.25, 0.3) is 0 Å². The van der Waals surface area contributed by atoms with Crippen LogP contribution in [0.4, 0.5) is 0 Å². The van der Waals surface area contributed by atoms with E-state index in [9.17, 15) is 8.42 Å². The number of benzene rings is 1. The van der Waals surface area contributed by atoms with Crippen molar-refractivity contribution in [3.63, 3.8) is 0 Å². The van der Waals surface area contributed by atoms with Gasteiger partial charge >= 0.3 is 0 Å². The van der Waals surface area contributed by atoms with Crippen molar-refractivity contribution in [3.05, 3.63) is 32.7 Å². The van der Waals surface area contributed by atoms with Gasteiger partial charge in [-0.3, -0.25) is 0 Å². The lowest BCUT2D eigenvalue weighted by Crippen LogP contribution is -2.03. The molecule has 1 unspecified atom stereocenters. The van der Waals surface area contributed by atoms with E-state index in [-0.39, 0.29) is 0 Å². The minimum atomic E-state index is -3.56. The van der Waals surface area contributed by atoms with E-state index in [1.807, 2.05) is 0 Å². The molecule has 0 N–H and O–H groups in total. The minimum Gasteiger partial charge on any atom is -0.212 e. The molecule has 0 radical (unpaired) electrons. The third-order valence-corrected chi connectivity index (χ3v) is 4.90. The van der Waals surface area contributed by atoms with Gasteiger partial charge in [0.15, 0.2) is 0 Å². The Morgan fingerprint density at radius 1 is 1.36 bits per heavy atom. The highest BCUT2D eigenvalue weighted by Crippen LogP contribution is 2.32. The molecule has 0 aliphatic rings. The van der Waals surface area contributed by atoms with E-state index in [1.54, 1.807) is 25.1 Å². The third kappa shape index (κ3) is 2.95. The number of hydrogen-bond donors (Lipinski definition) is 0. The van der Waals surface area contributed by atoms with Gasteiger partial charge in [-0.1, -0.05) is 37.9 Å². The molecule has 0 fully saturated rings. The molecule has 0 aromatic heterocycles. The van der Waals surface area contributed by atoms with Crippen LogP contribution in [0.1, 0.15) is 17.7 Å². The van der Waals surface area contributed by atoms with Crippen LogP contribution in [-0.4, -0.2) is 8.42 Å². The molecule has 0 aliphatic carbocycles. The van der Waals surface area contributed by atoms with Crippen LogP contribution in [0.3, 0.4) is 0 Å². The minimum absolute atomic E-state index is 0.656. The van der Waals surface area contributed by atoms with Crippen molar-refractivity contribution in [2.24, 2.45) is 0 Å². The van der Waals surface area contributed by atoms with Crippen LogP contribution < -0.4 is 0 Å². The Morgan fingerprint density at radius 3 is 2.36 bits per heavy atom. The molecule has 0 bridgehead atoms. The van der Waals surface area contributed by atoms with E-state index >= 15 is 0 Å². The molecule has 1 aromatic rings. The van der Waals surface area contributed by atoms with Crippen molar-refractivity contribution in [2.45, 2.75) is 12.2 Å². The molecular formula is C8H7Br2ClO2S. The van der Waals surface area contributed by atoms with Crippen molar-refractivity contribution in [1.82, 2.24) is 0 Å². The highest BCUT2D eigenvalue weighted by atomic mass is 79.9. The second kappa shape index (κ2) is 4.51. The van der Waals surface area contributed by atoms with Crippen LogP contribution in [-0.2, 0) is 9.05 Å². The molecule has 0 amide bonds. The number of halogens is 3. The van der Waals surface area contributed by atoms with Crippen LogP contribution in [0.15, 0.2) is 27.1 Å². The Labute approximate surface area is 104 Å². The van der Waals surface area contributed by atoms with Crippen molar-refractivity contribution >= 4 is 51.6 Å². The van der Waals surface area contributed by atoms with Gasteiger partial charge in [-0.25, -0.2) is 8.42 Å². The summed E-state index contributed by atoms with van der Waals surface area (Å²) in [4.78, 5) is 0. The monoisotopic (exact) mass is 360 g/mol. The van der Waals surface area contributed by atoms with Crippen molar-refractivity contribution in [1.29, 1.82) is 0 Å². The molecule has 1 atom stereocenters. The average Bonchev–Trinajstić information content (AvgIpc) is 2.01. The molecule has 0 heterocycles. The summed E-state index contributed by atoms with van der Waals surface area (Å²) in [6.45, 7) is 1.55. The number of hydrogen-bond acceptors (Lipinski definition) is 2. The van der Waals surface area contributed by atoms with E-state index < -0.39 is 14.3 Å². The standard InChI is InChI=1S/C8H7Br2ClO2S/c1-5(14(11,12)13)7-3-2-6(9)4-8(7)10/h2-5H,1H3. The van der Waals surface area contributed by atoms with Gasteiger partial charge in [0, 0.05) is 19.6 Å². The molecule has 0 saturated heterocycles. The molecule has 0 aliphatic heterocycles. The molecule has 6 heteroatoms. The summed E-state index contributed by atoms with van der Waals surface area (Å²) in [7, 11) is 1.71. The average molecular weight is 362 g/mol. The summed E-state index contributed by atoms with van der Waals surface area (Å²) in [5.74, 6) is 0. The lowest BCUT2D eigenvalue weighted by atomic mass is 10.2. The summed E-state index contributed by atoms with van der Waals surface area (Å²) < 4.78 is 23.8. The Kier molecular flexibility index (Phi) is 4.03. The smallest absolute Gasteiger partial charge is 0.212 e. The first-order valence-electron chi connectivity index (χ1n) is 3.71. The van der Waals surface area contributed by atoms with Gasteiger partial charge in [0.2, 0.25) is 9.05 Å². The number of rotatable bonds is 2. The first kappa shape index (κ1) is 12.5. The summed E-state index contributed by atoms with van der Waals surface area (Å²) >= 11 is 6.57.